The van der Waals surface area contributed by atoms with Crippen LogP contribution in [0.4, 0.5) is 0 Å². The normalized spacial score (nSPS) is 16.8. The average molecular weight is 563 g/mol. The number of likely N-dealkylation sites (tertiary alicyclic amines) is 1. The van der Waals surface area contributed by atoms with E-state index >= 15 is 0 Å². The Morgan fingerprint density at radius 1 is 1.07 bits per heavy atom. The summed E-state index contributed by atoms with van der Waals surface area (Å²) < 4.78 is 13.5. The number of nitrogens with zero attached hydrogens (tertiary/aromatic N) is 4. The standard InChI is InChI=1S/C32H42N4O5/c1-7-10-11-19-41-24-15-14-23(20-25(24)40-6)28-26(30(38)32(39)36(28)18-17-34(8-2)9-3)29(37)27-22(5)35-16-12-13-21(4)31(35)33-27/h12-16,20,28,37H,7-11,17-19H2,1-6H3. The molecule has 1 saturated heterocycles. The highest BCUT2D eigenvalue weighted by molar-refractivity contribution is 6.46. The molecule has 0 bridgehead atoms. The number of aryl methyl sites for hydroxylation is 2. The first kappa shape index (κ1) is 30.1. The zero-order chi connectivity index (χ0) is 29.7. The fourth-order valence-electron chi connectivity index (χ4n) is 5.43. The maximum absolute atomic E-state index is 13.6. The lowest BCUT2D eigenvalue weighted by molar-refractivity contribution is -0.140. The minimum Gasteiger partial charge on any atom is -0.505 e. The number of amides is 1. The Kier molecular flexibility index (Phi) is 9.70. The highest BCUT2D eigenvalue weighted by atomic mass is 16.5. The molecule has 1 fully saturated rings. The molecule has 0 spiro atoms. The monoisotopic (exact) mass is 562 g/mol. The molecule has 1 atom stereocenters. The third-order valence-corrected chi connectivity index (χ3v) is 7.91. The van der Waals surface area contributed by atoms with E-state index in [2.05, 4.69) is 30.7 Å². The number of carbonyl (C=O) groups is 2. The number of fused-ring (bicyclic) bond motifs is 1. The third kappa shape index (κ3) is 5.95. The summed E-state index contributed by atoms with van der Waals surface area (Å²) in [6.07, 6.45) is 4.97. The van der Waals surface area contributed by atoms with Crippen LogP contribution in [0.3, 0.4) is 0 Å². The van der Waals surface area contributed by atoms with Crippen LogP contribution in [-0.4, -0.2) is 75.9 Å². The summed E-state index contributed by atoms with van der Waals surface area (Å²) >= 11 is 0. The number of methoxy groups -OCH3 is 1. The van der Waals surface area contributed by atoms with Gasteiger partial charge in [-0.25, -0.2) is 4.98 Å². The Morgan fingerprint density at radius 2 is 1.83 bits per heavy atom. The van der Waals surface area contributed by atoms with Crippen molar-refractivity contribution in [3.05, 3.63) is 64.6 Å². The third-order valence-electron chi connectivity index (χ3n) is 7.91. The van der Waals surface area contributed by atoms with Crippen molar-refractivity contribution < 1.29 is 24.2 Å². The van der Waals surface area contributed by atoms with Crippen molar-refractivity contribution in [1.29, 1.82) is 0 Å². The Hall–Kier alpha value is -3.85. The quantitative estimate of drug-likeness (QED) is 0.131. The Balaban J connectivity index is 1.83. The molecular weight excluding hydrogens is 520 g/mol. The lowest BCUT2D eigenvalue weighted by Crippen LogP contribution is -2.38. The molecule has 220 valence electrons. The Labute approximate surface area is 242 Å². The maximum atomic E-state index is 13.6. The molecule has 1 unspecified atom stereocenters. The molecule has 41 heavy (non-hydrogen) atoms. The van der Waals surface area contributed by atoms with Crippen LogP contribution in [0.15, 0.2) is 42.1 Å². The molecule has 0 saturated carbocycles. The first-order valence-corrected chi connectivity index (χ1v) is 14.5. The molecule has 4 rings (SSSR count). The van der Waals surface area contributed by atoms with Crippen molar-refractivity contribution in [2.75, 3.05) is 39.9 Å². The summed E-state index contributed by atoms with van der Waals surface area (Å²) in [7, 11) is 1.57. The van der Waals surface area contributed by atoms with Gasteiger partial charge in [-0.05, 0) is 62.7 Å². The van der Waals surface area contributed by atoms with Crippen molar-refractivity contribution in [3.8, 4) is 11.5 Å². The van der Waals surface area contributed by atoms with Crippen LogP contribution in [0.25, 0.3) is 11.4 Å². The number of likely N-dealkylation sites (N-methyl/N-ethyl adjacent to an activating group) is 1. The SMILES string of the molecule is CCCCCOc1ccc(C2C(=C(O)c3nc4c(C)cccn4c3C)C(=O)C(=O)N2CCN(CC)CC)cc1OC. The summed E-state index contributed by atoms with van der Waals surface area (Å²) in [5, 5.41) is 11.7. The largest absolute Gasteiger partial charge is 0.505 e. The molecule has 9 heteroatoms. The van der Waals surface area contributed by atoms with E-state index in [9.17, 15) is 14.7 Å². The molecule has 1 amide bonds. The molecule has 3 aromatic rings. The van der Waals surface area contributed by atoms with E-state index in [-0.39, 0.29) is 17.0 Å². The van der Waals surface area contributed by atoms with Gasteiger partial charge in [-0.1, -0.05) is 45.7 Å². The van der Waals surface area contributed by atoms with Gasteiger partial charge in [0.15, 0.2) is 17.3 Å². The Bertz CT molecular complexity index is 1440. The van der Waals surface area contributed by atoms with Crippen LogP contribution in [0.2, 0.25) is 0 Å². The number of benzene rings is 1. The summed E-state index contributed by atoms with van der Waals surface area (Å²) in [6, 6.07) is 8.49. The van der Waals surface area contributed by atoms with Gasteiger partial charge < -0.3 is 28.8 Å². The minimum atomic E-state index is -0.807. The zero-order valence-electron chi connectivity index (χ0n) is 25.1. The van der Waals surface area contributed by atoms with Gasteiger partial charge in [-0.15, -0.1) is 0 Å². The second-order valence-corrected chi connectivity index (χ2v) is 10.4. The van der Waals surface area contributed by atoms with Crippen LogP contribution in [0, 0.1) is 13.8 Å². The zero-order valence-corrected chi connectivity index (χ0v) is 25.1. The second kappa shape index (κ2) is 13.2. The number of pyridine rings is 1. The van der Waals surface area contributed by atoms with Gasteiger partial charge in [0, 0.05) is 19.3 Å². The number of imidazole rings is 1. The lowest BCUT2D eigenvalue weighted by Gasteiger charge is -2.28. The van der Waals surface area contributed by atoms with E-state index < -0.39 is 17.7 Å². The number of ketones is 1. The van der Waals surface area contributed by atoms with Gasteiger partial charge in [0.25, 0.3) is 11.7 Å². The van der Waals surface area contributed by atoms with Gasteiger partial charge >= 0.3 is 0 Å². The first-order valence-electron chi connectivity index (χ1n) is 14.5. The van der Waals surface area contributed by atoms with Crippen molar-refractivity contribution in [2.24, 2.45) is 0 Å². The van der Waals surface area contributed by atoms with Crippen LogP contribution in [0.1, 0.15) is 68.6 Å². The second-order valence-electron chi connectivity index (χ2n) is 10.4. The molecule has 1 aliphatic heterocycles. The summed E-state index contributed by atoms with van der Waals surface area (Å²) in [5.74, 6) is -0.538. The number of ether oxygens (including phenoxy) is 2. The van der Waals surface area contributed by atoms with Gasteiger partial charge in [-0.2, -0.15) is 0 Å². The highest BCUT2D eigenvalue weighted by Gasteiger charge is 2.46. The van der Waals surface area contributed by atoms with E-state index in [4.69, 9.17) is 9.47 Å². The number of carbonyl (C=O) groups excluding carboxylic acids is 2. The fraction of sp³-hybridized carbons (Fsp3) is 0.469. The number of aromatic nitrogens is 2. The van der Waals surface area contributed by atoms with Crippen molar-refractivity contribution >= 4 is 23.1 Å². The number of hydrogen-bond acceptors (Lipinski definition) is 7. The number of Topliss-reactive ketones (excluding diaryl/α,β-unsaturated/α-hetero) is 1. The van der Waals surface area contributed by atoms with Crippen LogP contribution in [-0.2, 0) is 9.59 Å². The molecule has 3 heterocycles. The van der Waals surface area contributed by atoms with Crippen LogP contribution >= 0.6 is 0 Å². The maximum Gasteiger partial charge on any atom is 0.295 e. The van der Waals surface area contributed by atoms with Gasteiger partial charge in [0.05, 0.1) is 31.0 Å². The molecule has 0 aliphatic carbocycles. The smallest absolute Gasteiger partial charge is 0.295 e. The van der Waals surface area contributed by atoms with Gasteiger partial charge in [0.1, 0.15) is 11.3 Å². The first-order chi connectivity index (χ1) is 19.8. The number of aliphatic hydroxyl groups is 1. The van der Waals surface area contributed by atoms with E-state index in [0.29, 0.717) is 48.1 Å². The molecule has 2 aromatic heterocycles. The number of rotatable bonds is 13. The molecule has 9 nitrogen and oxygen atoms in total. The minimum absolute atomic E-state index is 0.0253. The highest BCUT2D eigenvalue weighted by Crippen LogP contribution is 2.42. The Morgan fingerprint density at radius 3 is 2.49 bits per heavy atom. The average Bonchev–Trinajstić information content (AvgIpc) is 3.45. The van der Waals surface area contributed by atoms with E-state index in [1.54, 1.807) is 18.1 Å². The van der Waals surface area contributed by atoms with Crippen molar-refractivity contribution in [2.45, 2.75) is 59.9 Å². The predicted octanol–water partition coefficient (Wildman–Crippen LogP) is 5.29. The fourth-order valence-corrected chi connectivity index (χ4v) is 5.43. The van der Waals surface area contributed by atoms with Crippen molar-refractivity contribution in [3.63, 3.8) is 0 Å². The van der Waals surface area contributed by atoms with E-state index in [1.165, 1.54) is 0 Å². The van der Waals surface area contributed by atoms with Crippen LogP contribution in [0.5, 0.6) is 11.5 Å². The van der Waals surface area contributed by atoms with Crippen molar-refractivity contribution in [1.82, 2.24) is 19.2 Å². The van der Waals surface area contributed by atoms with E-state index in [1.807, 2.05) is 48.7 Å². The molecule has 1 N–H and O–H groups in total. The van der Waals surface area contributed by atoms with E-state index in [0.717, 1.165) is 37.9 Å². The molecule has 1 aromatic carbocycles. The number of aliphatic hydroxyl groups excluding tert-OH is 1. The summed E-state index contributed by atoms with van der Waals surface area (Å²) in [6.45, 7) is 13.2. The topological polar surface area (TPSA) is 96.6 Å². The van der Waals surface area contributed by atoms with Gasteiger partial charge in [0.2, 0.25) is 0 Å². The number of unbranched alkanes of at least 4 members (excludes halogenated alkanes) is 2. The van der Waals surface area contributed by atoms with Gasteiger partial charge in [-0.3, -0.25) is 9.59 Å². The van der Waals surface area contributed by atoms with Crippen LogP contribution < -0.4 is 9.47 Å². The summed E-state index contributed by atoms with van der Waals surface area (Å²) in [5.41, 5.74) is 3.27. The molecule has 1 aliphatic rings. The number of hydrogen-bond donors (Lipinski definition) is 1. The lowest BCUT2D eigenvalue weighted by atomic mass is 9.96. The summed E-state index contributed by atoms with van der Waals surface area (Å²) in [4.78, 5) is 35.5. The molecular formula is C32H42N4O5. The predicted molar refractivity (Wildman–Crippen MR) is 159 cm³/mol. The molecule has 0 radical (unpaired) electrons.